The van der Waals surface area contributed by atoms with E-state index in [0.29, 0.717) is 12.8 Å². The molecule has 128 valence electrons. The molecular weight excluding hydrogens is 310 g/mol. The number of aliphatic hydroxyl groups excluding tert-OH is 2. The summed E-state index contributed by atoms with van der Waals surface area (Å²) in [6.07, 6.45) is 1.34. The van der Waals surface area contributed by atoms with E-state index < -0.39 is 0 Å². The lowest BCUT2D eigenvalue weighted by molar-refractivity contribution is 0.299. The fourth-order valence-electron chi connectivity index (χ4n) is 2.91. The van der Waals surface area contributed by atoms with Gasteiger partial charge in [0, 0.05) is 30.3 Å². The number of aliphatic hydroxyl groups is 2. The van der Waals surface area contributed by atoms with Crippen LogP contribution < -0.4 is 4.90 Å². The number of rotatable bonds is 7. The lowest BCUT2D eigenvalue weighted by Gasteiger charge is -2.25. The Hall–Kier alpha value is -2.62. The molecule has 3 rings (SSSR count). The van der Waals surface area contributed by atoms with Crippen LogP contribution >= 0.6 is 0 Å². The molecule has 0 atom stereocenters. The SMILES string of the molecule is OCCc1ccc(N(c2ccccc2)c2ccc(CCO)cc2)cc1. The number of benzene rings is 3. The highest BCUT2D eigenvalue weighted by molar-refractivity contribution is 5.76. The van der Waals surface area contributed by atoms with Gasteiger partial charge >= 0.3 is 0 Å². The molecule has 0 aliphatic carbocycles. The molecule has 0 unspecified atom stereocenters. The molecule has 0 heterocycles. The molecule has 0 radical (unpaired) electrons. The van der Waals surface area contributed by atoms with Crippen molar-refractivity contribution in [3.63, 3.8) is 0 Å². The van der Waals surface area contributed by atoms with Crippen LogP contribution in [0.4, 0.5) is 17.1 Å². The van der Waals surface area contributed by atoms with Gasteiger partial charge < -0.3 is 15.1 Å². The van der Waals surface area contributed by atoms with E-state index in [1.54, 1.807) is 0 Å². The Morgan fingerprint density at radius 2 is 0.920 bits per heavy atom. The van der Waals surface area contributed by atoms with Gasteiger partial charge in [-0.15, -0.1) is 0 Å². The first kappa shape index (κ1) is 17.2. The summed E-state index contributed by atoms with van der Waals surface area (Å²) >= 11 is 0. The molecule has 0 aromatic heterocycles. The molecule has 0 saturated carbocycles. The summed E-state index contributed by atoms with van der Waals surface area (Å²) in [4.78, 5) is 2.20. The molecule has 25 heavy (non-hydrogen) atoms. The maximum Gasteiger partial charge on any atom is 0.0471 e. The normalized spacial score (nSPS) is 10.6. The average Bonchev–Trinajstić information content (AvgIpc) is 2.66. The third kappa shape index (κ3) is 4.27. The van der Waals surface area contributed by atoms with E-state index in [1.165, 1.54) is 0 Å². The van der Waals surface area contributed by atoms with Gasteiger partial charge in [0.05, 0.1) is 0 Å². The largest absolute Gasteiger partial charge is 0.396 e. The lowest BCUT2D eigenvalue weighted by atomic mass is 10.1. The van der Waals surface area contributed by atoms with Crippen LogP contribution in [0.5, 0.6) is 0 Å². The second-order valence-corrected chi connectivity index (χ2v) is 5.95. The second-order valence-electron chi connectivity index (χ2n) is 5.95. The highest BCUT2D eigenvalue weighted by Gasteiger charge is 2.12. The fourth-order valence-corrected chi connectivity index (χ4v) is 2.91. The summed E-state index contributed by atoms with van der Waals surface area (Å²) in [5.74, 6) is 0. The quantitative estimate of drug-likeness (QED) is 0.680. The van der Waals surface area contributed by atoms with Gasteiger partial charge in [-0.3, -0.25) is 0 Å². The molecule has 0 fully saturated rings. The highest BCUT2D eigenvalue weighted by Crippen LogP contribution is 2.34. The van der Waals surface area contributed by atoms with Crippen LogP contribution in [-0.4, -0.2) is 23.4 Å². The van der Waals surface area contributed by atoms with Crippen molar-refractivity contribution in [1.29, 1.82) is 0 Å². The summed E-state index contributed by atoms with van der Waals surface area (Å²) in [7, 11) is 0. The molecule has 3 aromatic rings. The van der Waals surface area contributed by atoms with Crippen molar-refractivity contribution >= 4 is 17.1 Å². The maximum absolute atomic E-state index is 9.10. The summed E-state index contributed by atoms with van der Waals surface area (Å²) in [5.41, 5.74) is 5.48. The minimum absolute atomic E-state index is 0.161. The van der Waals surface area contributed by atoms with Crippen molar-refractivity contribution in [3.8, 4) is 0 Å². The van der Waals surface area contributed by atoms with Gasteiger partial charge in [0.2, 0.25) is 0 Å². The van der Waals surface area contributed by atoms with Gasteiger partial charge in [-0.1, -0.05) is 42.5 Å². The van der Waals surface area contributed by atoms with Gasteiger partial charge in [-0.2, -0.15) is 0 Å². The van der Waals surface area contributed by atoms with Crippen LogP contribution in [0.15, 0.2) is 78.9 Å². The van der Waals surface area contributed by atoms with E-state index in [1.807, 2.05) is 18.2 Å². The Morgan fingerprint density at radius 3 is 1.32 bits per heavy atom. The van der Waals surface area contributed by atoms with E-state index >= 15 is 0 Å². The Bertz CT molecular complexity index is 718. The molecule has 3 nitrogen and oxygen atoms in total. The van der Waals surface area contributed by atoms with Gasteiger partial charge in [-0.05, 0) is 60.4 Å². The number of nitrogens with zero attached hydrogens (tertiary/aromatic N) is 1. The molecule has 2 N–H and O–H groups in total. The summed E-state index contributed by atoms with van der Waals surface area (Å²) in [6.45, 7) is 0.322. The van der Waals surface area contributed by atoms with E-state index in [4.69, 9.17) is 10.2 Å². The smallest absolute Gasteiger partial charge is 0.0471 e. The third-order valence-electron chi connectivity index (χ3n) is 4.20. The Morgan fingerprint density at radius 1 is 0.520 bits per heavy atom. The molecule has 0 aliphatic rings. The third-order valence-corrected chi connectivity index (χ3v) is 4.20. The zero-order valence-electron chi connectivity index (χ0n) is 14.2. The van der Waals surface area contributed by atoms with Gasteiger partial charge in [0.1, 0.15) is 0 Å². The Labute approximate surface area is 148 Å². The van der Waals surface area contributed by atoms with Crippen molar-refractivity contribution in [1.82, 2.24) is 0 Å². The molecule has 3 aromatic carbocycles. The van der Waals surface area contributed by atoms with E-state index in [0.717, 1.165) is 28.2 Å². The van der Waals surface area contributed by atoms with Gasteiger partial charge in [0.15, 0.2) is 0 Å². The number of anilines is 3. The predicted octanol–water partition coefficient (Wildman–Crippen LogP) is 4.23. The zero-order valence-corrected chi connectivity index (χ0v) is 14.2. The fraction of sp³-hybridized carbons (Fsp3) is 0.182. The first-order chi connectivity index (χ1) is 12.3. The number of hydrogen-bond donors (Lipinski definition) is 2. The van der Waals surface area contributed by atoms with Crippen LogP contribution in [0.3, 0.4) is 0 Å². The zero-order chi connectivity index (χ0) is 17.5. The van der Waals surface area contributed by atoms with Crippen molar-refractivity contribution in [3.05, 3.63) is 90.0 Å². The van der Waals surface area contributed by atoms with E-state index in [-0.39, 0.29) is 13.2 Å². The van der Waals surface area contributed by atoms with Crippen molar-refractivity contribution < 1.29 is 10.2 Å². The van der Waals surface area contributed by atoms with Crippen molar-refractivity contribution in [2.45, 2.75) is 12.8 Å². The molecule has 3 heteroatoms. The first-order valence-corrected chi connectivity index (χ1v) is 8.56. The van der Waals surface area contributed by atoms with Gasteiger partial charge in [0.25, 0.3) is 0 Å². The number of para-hydroxylation sites is 1. The minimum Gasteiger partial charge on any atom is -0.396 e. The summed E-state index contributed by atoms with van der Waals surface area (Å²) in [5, 5.41) is 18.2. The lowest BCUT2D eigenvalue weighted by Crippen LogP contribution is -2.10. The van der Waals surface area contributed by atoms with Crippen LogP contribution in [0, 0.1) is 0 Å². The van der Waals surface area contributed by atoms with Crippen LogP contribution in [-0.2, 0) is 12.8 Å². The minimum atomic E-state index is 0.161. The maximum atomic E-state index is 9.10. The average molecular weight is 333 g/mol. The van der Waals surface area contributed by atoms with Crippen LogP contribution in [0.1, 0.15) is 11.1 Å². The molecule has 0 amide bonds. The van der Waals surface area contributed by atoms with E-state index in [2.05, 4.69) is 65.6 Å². The molecular formula is C22H23NO2. The Kier molecular flexibility index (Phi) is 5.83. The summed E-state index contributed by atoms with van der Waals surface area (Å²) in [6, 6.07) is 26.8. The molecule has 0 bridgehead atoms. The van der Waals surface area contributed by atoms with E-state index in [9.17, 15) is 0 Å². The monoisotopic (exact) mass is 333 g/mol. The van der Waals surface area contributed by atoms with Gasteiger partial charge in [-0.25, -0.2) is 0 Å². The highest BCUT2D eigenvalue weighted by atomic mass is 16.3. The predicted molar refractivity (Wildman–Crippen MR) is 103 cm³/mol. The van der Waals surface area contributed by atoms with Crippen LogP contribution in [0.25, 0.3) is 0 Å². The molecule has 0 saturated heterocycles. The van der Waals surface area contributed by atoms with Crippen molar-refractivity contribution in [2.24, 2.45) is 0 Å². The number of hydrogen-bond acceptors (Lipinski definition) is 3. The van der Waals surface area contributed by atoms with Crippen molar-refractivity contribution in [2.75, 3.05) is 18.1 Å². The molecule has 0 spiro atoms. The molecule has 0 aliphatic heterocycles. The first-order valence-electron chi connectivity index (χ1n) is 8.56. The Balaban J connectivity index is 1.98. The second kappa shape index (κ2) is 8.47. The van der Waals surface area contributed by atoms with Crippen LogP contribution in [0.2, 0.25) is 0 Å². The topological polar surface area (TPSA) is 43.7 Å². The standard InChI is InChI=1S/C22H23NO2/c24-16-14-18-6-10-21(11-7-18)23(20-4-2-1-3-5-20)22-12-8-19(9-13-22)15-17-25/h1-13,24-25H,14-17H2. The summed E-state index contributed by atoms with van der Waals surface area (Å²) < 4.78 is 0.